The van der Waals surface area contributed by atoms with E-state index in [-0.39, 0.29) is 5.56 Å². The molecule has 0 unspecified atom stereocenters. The van der Waals surface area contributed by atoms with Crippen LogP contribution in [-0.4, -0.2) is 55.5 Å². The van der Waals surface area contributed by atoms with Gasteiger partial charge in [0.1, 0.15) is 11.3 Å². The van der Waals surface area contributed by atoms with E-state index >= 15 is 0 Å². The predicted octanol–water partition coefficient (Wildman–Crippen LogP) is 3.58. The van der Waals surface area contributed by atoms with Crippen LogP contribution in [0.4, 0.5) is 5.69 Å². The number of anilines is 1. The minimum absolute atomic E-state index is 0.0763. The van der Waals surface area contributed by atoms with Gasteiger partial charge in [0.15, 0.2) is 0 Å². The van der Waals surface area contributed by atoms with Crippen LogP contribution in [0.15, 0.2) is 39.5 Å². The van der Waals surface area contributed by atoms with E-state index in [1.807, 2.05) is 24.3 Å². The molecule has 1 N–H and O–H groups in total. The summed E-state index contributed by atoms with van der Waals surface area (Å²) < 4.78 is 5.39. The Morgan fingerprint density at radius 1 is 1.10 bits per heavy atom. The van der Waals surface area contributed by atoms with E-state index in [9.17, 15) is 9.59 Å². The number of benzene rings is 1. The number of rotatable bonds is 8. The number of carbonyl (C=O) groups excluding carboxylic acids is 1. The molecule has 1 aromatic heterocycles. The Hall–Kier alpha value is -2.44. The molecule has 1 aromatic carbocycles. The number of carbonyl (C=O) groups is 1. The number of piperazine rings is 1. The molecule has 2 aromatic rings. The molecule has 0 saturated carbocycles. The molecule has 31 heavy (non-hydrogen) atoms. The molecule has 0 spiro atoms. The van der Waals surface area contributed by atoms with E-state index in [0.717, 1.165) is 45.6 Å². The third kappa shape index (κ3) is 6.77. The molecule has 0 bridgehead atoms. The largest absolute Gasteiger partial charge is 0.427 e. The predicted molar refractivity (Wildman–Crippen MR) is 125 cm³/mol. The van der Waals surface area contributed by atoms with E-state index in [4.69, 9.17) is 4.42 Å². The number of hydrogen-bond donors (Lipinski definition) is 1. The molecule has 1 aliphatic rings. The summed E-state index contributed by atoms with van der Waals surface area (Å²) in [5.74, 6) is 0.738. The lowest BCUT2D eigenvalue weighted by molar-refractivity contribution is 0.102. The number of nitrogens with one attached hydrogen (secondary N) is 1. The lowest BCUT2D eigenvalue weighted by atomic mass is 10.0. The van der Waals surface area contributed by atoms with Crippen LogP contribution in [-0.2, 0) is 12.8 Å². The van der Waals surface area contributed by atoms with Crippen molar-refractivity contribution in [3.8, 4) is 0 Å². The maximum absolute atomic E-state index is 12.7. The zero-order valence-corrected chi connectivity index (χ0v) is 19.2. The van der Waals surface area contributed by atoms with Crippen molar-refractivity contribution in [3.05, 3.63) is 63.2 Å². The monoisotopic (exact) mass is 425 g/mol. The molecule has 0 radical (unpaired) electrons. The minimum Gasteiger partial charge on any atom is -0.427 e. The van der Waals surface area contributed by atoms with Crippen LogP contribution in [0, 0.1) is 12.8 Å². The Morgan fingerprint density at radius 3 is 2.39 bits per heavy atom. The summed E-state index contributed by atoms with van der Waals surface area (Å²) in [5, 5.41) is 2.83. The van der Waals surface area contributed by atoms with Crippen molar-refractivity contribution in [2.45, 2.75) is 40.0 Å². The Balaban J connectivity index is 1.57. The molecule has 1 fully saturated rings. The van der Waals surface area contributed by atoms with Gasteiger partial charge in [0, 0.05) is 44.8 Å². The maximum atomic E-state index is 12.7. The number of aryl methyl sites for hydroxylation is 2. The van der Waals surface area contributed by atoms with Gasteiger partial charge in [-0.1, -0.05) is 26.0 Å². The normalized spacial score (nSPS) is 15.4. The van der Waals surface area contributed by atoms with E-state index in [0.29, 0.717) is 29.3 Å². The van der Waals surface area contributed by atoms with Gasteiger partial charge in [0.25, 0.3) is 5.91 Å². The third-order valence-corrected chi connectivity index (χ3v) is 5.92. The number of nitrogens with zero attached hydrogens (tertiary/aromatic N) is 2. The zero-order valence-electron chi connectivity index (χ0n) is 19.2. The highest BCUT2D eigenvalue weighted by Crippen LogP contribution is 2.15. The average Bonchev–Trinajstić information content (AvgIpc) is 2.72. The summed E-state index contributed by atoms with van der Waals surface area (Å²) in [6.45, 7) is 11.6. The van der Waals surface area contributed by atoms with Crippen molar-refractivity contribution in [3.63, 3.8) is 0 Å². The van der Waals surface area contributed by atoms with Crippen LogP contribution in [0.1, 0.15) is 47.5 Å². The van der Waals surface area contributed by atoms with Crippen LogP contribution in [0.2, 0.25) is 0 Å². The lowest BCUT2D eigenvalue weighted by Crippen LogP contribution is -2.45. The molecule has 1 amide bonds. The van der Waals surface area contributed by atoms with Crippen molar-refractivity contribution < 1.29 is 9.21 Å². The standard InChI is InChI=1S/C25H35N3O3/c1-18(2)5-10-22-17-19(3)23(25(30)31-22)24(29)26-21-8-6-20(7-9-21)11-12-28-15-13-27(4)14-16-28/h6-9,17-18H,5,10-16H2,1-4H3,(H,26,29). The second-order valence-electron chi connectivity index (χ2n) is 9.04. The average molecular weight is 426 g/mol. The highest BCUT2D eigenvalue weighted by atomic mass is 16.4. The van der Waals surface area contributed by atoms with Gasteiger partial charge in [-0.15, -0.1) is 0 Å². The van der Waals surface area contributed by atoms with E-state index in [1.54, 1.807) is 13.0 Å². The first-order valence-electron chi connectivity index (χ1n) is 11.3. The van der Waals surface area contributed by atoms with Crippen LogP contribution in [0.3, 0.4) is 0 Å². The Bertz CT molecular complexity index is 926. The first-order valence-corrected chi connectivity index (χ1v) is 11.3. The fourth-order valence-electron chi connectivity index (χ4n) is 3.81. The molecule has 3 rings (SSSR count). The van der Waals surface area contributed by atoms with Crippen molar-refractivity contribution in [1.82, 2.24) is 9.80 Å². The molecule has 6 nitrogen and oxygen atoms in total. The van der Waals surface area contributed by atoms with Crippen LogP contribution >= 0.6 is 0 Å². The summed E-state index contributed by atoms with van der Waals surface area (Å²) >= 11 is 0. The number of hydrogen-bond acceptors (Lipinski definition) is 5. The number of amides is 1. The second kappa shape index (κ2) is 10.7. The Morgan fingerprint density at radius 2 is 1.77 bits per heavy atom. The molecule has 0 atom stereocenters. The van der Waals surface area contributed by atoms with Crippen molar-refractivity contribution in [2.75, 3.05) is 45.1 Å². The summed E-state index contributed by atoms with van der Waals surface area (Å²) in [6, 6.07) is 9.67. The zero-order chi connectivity index (χ0) is 22.4. The van der Waals surface area contributed by atoms with E-state index in [1.165, 1.54) is 5.56 Å². The highest BCUT2D eigenvalue weighted by molar-refractivity contribution is 6.04. The molecule has 2 heterocycles. The maximum Gasteiger partial charge on any atom is 0.349 e. The van der Waals surface area contributed by atoms with Crippen molar-refractivity contribution >= 4 is 11.6 Å². The second-order valence-corrected chi connectivity index (χ2v) is 9.04. The van der Waals surface area contributed by atoms with Crippen molar-refractivity contribution in [1.29, 1.82) is 0 Å². The molecule has 1 aliphatic heterocycles. The first-order chi connectivity index (χ1) is 14.8. The Labute approximate surface area is 185 Å². The minimum atomic E-state index is -0.569. The fraction of sp³-hybridized carbons (Fsp3) is 0.520. The van der Waals surface area contributed by atoms with Gasteiger partial charge in [-0.3, -0.25) is 4.79 Å². The lowest BCUT2D eigenvalue weighted by Gasteiger charge is -2.32. The van der Waals surface area contributed by atoms with Gasteiger partial charge < -0.3 is 19.5 Å². The summed E-state index contributed by atoms with van der Waals surface area (Å²) in [4.78, 5) is 30.0. The Kier molecular flexibility index (Phi) is 8.04. The third-order valence-electron chi connectivity index (χ3n) is 5.92. The molecule has 0 aliphatic carbocycles. The SMILES string of the molecule is Cc1cc(CCC(C)C)oc(=O)c1C(=O)Nc1ccc(CCN2CCN(C)CC2)cc1. The van der Waals surface area contributed by atoms with Crippen molar-refractivity contribution in [2.24, 2.45) is 5.92 Å². The van der Waals surface area contributed by atoms with E-state index < -0.39 is 11.5 Å². The summed E-state index contributed by atoms with van der Waals surface area (Å²) in [5.41, 5.74) is 2.07. The summed E-state index contributed by atoms with van der Waals surface area (Å²) in [6.07, 6.45) is 2.62. The van der Waals surface area contributed by atoms with Gasteiger partial charge in [-0.2, -0.15) is 0 Å². The van der Waals surface area contributed by atoms with E-state index in [2.05, 4.69) is 36.0 Å². The fourth-order valence-corrected chi connectivity index (χ4v) is 3.81. The van der Waals surface area contributed by atoms with Gasteiger partial charge in [-0.25, -0.2) is 4.79 Å². The molecule has 168 valence electrons. The quantitative estimate of drug-likeness (QED) is 0.700. The highest BCUT2D eigenvalue weighted by Gasteiger charge is 2.17. The molecule has 1 saturated heterocycles. The van der Waals surface area contributed by atoms with Gasteiger partial charge >= 0.3 is 5.63 Å². The smallest absolute Gasteiger partial charge is 0.349 e. The molecular formula is C25H35N3O3. The van der Waals surface area contributed by atoms with Crippen LogP contribution < -0.4 is 10.9 Å². The van der Waals surface area contributed by atoms with Gasteiger partial charge in [0.05, 0.1) is 0 Å². The molecule has 6 heteroatoms. The summed E-state index contributed by atoms with van der Waals surface area (Å²) in [7, 11) is 2.16. The van der Waals surface area contributed by atoms with Gasteiger partial charge in [-0.05, 0) is 62.1 Å². The topological polar surface area (TPSA) is 65.8 Å². The number of likely N-dealkylation sites (N-methyl/N-ethyl adjacent to an activating group) is 1. The van der Waals surface area contributed by atoms with Crippen LogP contribution in [0.25, 0.3) is 0 Å². The molecular weight excluding hydrogens is 390 g/mol. The van der Waals surface area contributed by atoms with Gasteiger partial charge in [0.2, 0.25) is 0 Å². The van der Waals surface area contributed by atoms with Crippen LogP contribution in [0.5, 0.6) is 0 Å². The first kappa shape index (κ1) is 23.2.